The number of alkyl halides is 1. The van der Waals surface area contributed by atoms with Gasteiger partial charge in [-0.2, -0.15) is 0 Å². The van der Waals surface area contributed by atoms with Gasteiger partial charge in [0, 0.05) is 19.6 Å². The van der Waals surface area contributed by atoms with Crippen molar-refractivity contribution in [1.29, 1.82) is 0 Å². The number of halogens is 1. The van der Waals surface area contributed by atoms with E-state index in [1.807, 2.05) is 0 Å². The molecule has 0 saturated carbocycles. The smallest absolute Gasteiger partial charge is 0.220 e. The topological polar surface area (TPSA) is 38.3 Å². The maximum Gasteiger partial charge on any atom is 0.220 e. The van der Waals surface area contributed by atoms with E-state index in [1.54, 1.807) is 0 Å². The van der Waals surface area contributed by atoms with Gasteiger partial charge in [-0.25, -0.2) is 0 Å². The van der Waals surface area contributed by atoms with E-state index in [2.05, 4.69) is 12.2 Å². The number of hydrogen-bond donors (Lipinski definition) is 1. The van der Waals surface area contributed by atoms with E-state index in [1.165, 1.54) is 6.42 Å². The monoisotopic (exact) mass is 261 g/mol. The number of carbonyl (C=O) groups is 1. The van der Waals surface area contributed by atoms with Crippen LogP contribution in [0.1, 0.15) is 51.9 Å². The predicted octanol–water partition coefficient (Wildman–Crippen LogP) is 2.86. The number of carbonyl (C=O) groups excluding carboxylic acids is 1. The molecule has 0 bridgehead atoms. The third-order valence-electron chi connectivity index (χ3n) is 3.09. The van der Waals surface area contributed by atoms with Crippen molar-refractivity contribution in [2.75, 3.05) is 13.2 Å². The van der Waals surface area contributed by atoms with Crippen molar-refractivity contribution >= 4 is 17.5 Å². The van der Waals surface area contributed by atoms with Crippen molar-refractivity contribution in [2.24, 2.45) is 0 Å². The third kappa shape index (κ3) is 6.89. The zero-order valence-corrected chi connectivity index (χ0v) is 11.5. The van der Waals surface area contributed by atoms with Crippen molar-refractivity contribution in [2.45, 2.75) is 63.4 Å². The van der Waals surface area contributed by atoms with Crippen LogP contribution in [0.25, 0.3) is 0 Å². The largest absolute Gasteiger partial charge is 0.378 e. The fourth-order valence-corrected chi connectivity index (χ4v) is 2.35. The summed E-state index contributed by atoms with van der Waals surface area (Å²) >= 11 is 6.03. The summed E-state index contributed by atoms with van der Waals surface area (Å²) < 4.78 is 5.59. The van der Waals surface area contributed by atoms with Crippen LogP contribution in [-0.2, 0) is 9.53 Å². The number of nitrogens with one attached hydrogen (secondary N) is 1. The Morgan fingerprint density at radius 1 is 1.53 bits per heavy atom. The number of amides is 1. The molecule has 1 fully saturated rings. The zero-order chi connectivity index (χ0) is 12.5. The fraction of sp³-hybridized carbons (Fsp3) is 0.923. The first kappa shape index (κ1) is 14.8. The molecule has 100 valence electrons. The maximum atomic E-state index is 11.6. The van der Waals surface area contributed by atoms with Crippen molar-refractivity contribution in [3.8, 4) is 0 Å². The van der Waals surface area contributed by atoms with Gasteiger partial charge in [0.1, 0.15) is 0 Å². The fourth-order valence-electron chi connectivity index (χ4n) is 2.06. The van der Waals surface area contributed by atoms with Crippen LogP contribution in [0.3, 0.4) is 0 Å². The van der Waals surface area contributed by atoms with E-state index < -0.39 is 0 Å². The normalized spacial score (nSPS) is 22.1. The molecule has 2 atom stereocenters. The molecule has 0 aromatic rings. The molecule has 1 heterocycles. The minimum atomic E-state index is 0.0647. The molecule has 1 aliphatic heterocycles. The number of ether oxygens (including phenoxy) is 1. The molecule has 0 radical (unpaired) electrons. The van der Waals surface area contributed by atoms with E-state index in [9.17, 15) is 4.79 Å². The summed E-state index contributed by atoms with van der Waals surface area (Å²) in [5, 5.41) is 2.95. The first-order chi connectivity index (χ1) is 8.22. The van der Waals surface area contributed by atoms with Crippen LogP contribution in [-0.4, -0.2) is 30.5 Å². The molecule has 17 heavy (non-hydrogen) atoms. The molecule has 2 unspecified atom stereocenters. The van der Waals surface area contributed by atoms with Crippen LogP contribution in [0.5, 0.6) is 0 Å². The SMILES string of the molecule is CCCC(Cl)CNC(=O)CCC1CCCCO1. The Bertz CT molecular complexity index is 217. The standard InChI is InChI=1S/C13H24ClNO2/c1-2-5-11(14)10-15-13(16)8-7-12-6-3-4-9-17-12/h11-12H,2-10H2,1H3,(H,15,16). The van der Waals surface area contributed by atoms with Gasteiger partial charge < -0.3 is 10.1 Å². The Labute approximate surface area is 109 Å². The molecule has 1 aliphatic rings. The van der Waals surface area contributed by atoms with Crippen molar-refractivity contribution in [3.05, 3.63) is 0 Å². The van der Waals surface area contributed by atoms with Gasteiger partial charge in [-0.05, 0) is 32.1 Å². The van der Waals surface area contributed by atoms with Gasteiger partial charge in [-0.15, -0.1) is 11.6 Å². The Hall–Kier alpha value is -0.280. The van der Waals surface area contributed by atoms with E-state index in [0.717, 1.165) is 38.7 Å². The summed E-state index contributed by atoms with van der Waals surface area (Å²) in [6.45, 7) is 3.53. The van der Waals surface area contributed by atoms with Crippen LogP contribution in [0, 0.1) is 0 Å². The lowest BCUT2D eigenvalue weighted by molar-refractivity contribution is -0.122. The summed E-state index contributed by atoms with van der Waals surface area (Å²) in [6.07, 6.45) is 7.18. The van der Waals surface area contributed by atoms with Gasteiger partial charge in [0.15, 0.2) is 0 Å². The van der Waals surface area contributed by atoms with Gasteiger partial charge in [0.25, 0.3) is 0 Å². The minimum Gasteiger partial charge on any atom is -0.378 e. The van der Waals surface area contributed by atoms with Crippen LogP contribution in [0.2, 0.25) is 0 Å². The predicted molar refractivity (Wildman–Crippen MR) is 70.4 cm³/mol. The van der Waals surface area contributed by atoms with Gasteiger partial charge in [-0.3, -0.25) is 4.79 Å². The Morgan fingerprint density at radius 3 is 3.00 bits per heavy atom. The average molecular weight is 262 g/mol. The number of rotatable bonds is 7. The van der Waals surface area contributed by atoms with Crippen molar-refractivity contribution in [1.82, 2.24) is 5.32 Å². The van der Waals surface area contributed by atoms with Crippen LogP contribution in [0.15, 0.2) is 0 Å². The number of hydrogen-bond acceptors (Lipinski definition) is 2. The highest BCUT2D eigenvalue weighted by Crippen LogP contribution is 2.16. The van der Waals surface area contributed by atoms with E-state index >= 15 is 0 Å². The molecule has 0 aliphatic carbocycles. The van der Waals surface area contributed by atoms with Gasteiger partial charge >= 0.3 is 0 Å². The highest BCUT2D eigenvalue weighted by atomic mass is 35.5. The Kier molecular flexibility index (Phi) is 7.62. The van der Waals surface area contributed by atoms with Gasteiger partial charge in [0.2, 0.25) is 5.91 Å². The highest BCUT2D eigenvalue weighted by molar-refractivity contribution is 6.20. The molecular formula is C13H24ClNO2. The first-order valence-corrected chi connectivity index (χ1v) is 7.18. The Balaban J connectivity index is 2.04. The van der Waals surface area contributed by atoms with Crippen LogP contribution >= 0.6 is 11.6 Å². The average Bonchev–Trinajstić information content (AvgIpc) is 2.35. The molecule has 0 aromatic heterocycles. The van der Waals surface area contributed by atoms with E-state index in [-0.39, 0.29) is 17.4 Å². The second-order valence-corrected chi connectivity index (χ2v) is 5.33. The first-order valence-electron chi connectivity index (χ1n) is 6.74. The molecule has 3 nitrogen and oxygen atoms in total. The second kappa shape index (κ2) is 8.76. The van der Waals surface area contributed by atoms with Gasteiger partial charge in [0.05, 0.1) is 11.5 Å². The molecule has 1 rings (SSSR count). The molecule has 0 spiro atoms. The van der Waals surface area contributed by atoms with E-state index in [4.69, 9.17) is 16.3 Å². The van der Waals surface area contributed by atoms with Crippen molar-refractivity contribution < 1.29 is 9.53 Å². The summed E-state index contributed by atoms with van der Waals surface area (Å²) in [5.74, 6) is 0.0981. The maximum absolute atomic E-state index is 11.6. The quantitative estimate of drug-likeness (QED) is 0.716. The molecule has 1 amide bonds. The zero-order valence-electron chi connectivity index (χ0n) is 10.7. The molecule has 0 aromatic carbocycles. The summed E-state index contributed by atoms with van der Waals surface area (Å²) in [5.41, 5.74) is 0. The minimum absolute atomic E-state index is 0.0647. The molecule has 1 N–H and O–H groups in total. The third-order valence-corrected chi connectivity index (χ3v) is 3.46. The lowest BCUT2D eigenvalue weighted by Crippen LogP contribution is -2.30. The lowest BCUT2D eigenvalue weighted by Gasteiger charge is -2.22. The summed E-state index contributed by atoms with van der Waals surface area (Å²) in [6, 6.07) is 0. The molecule has 4 heteroatoms. The Morgan fingerprint density at radius 2 is 2.35 bits per heavy atom. The summed E-state index contributed by atoms with van der Waals surface area (Å²) in [4.78, 5) is 11.6. The molecule has 1 saturated heterocycles. The van der Waals surface area contributed by atoms with Crippen LogP contribution in [0.4, 0.5) is 0 Å². The van der Waals surface area contributed by atoms with Gasteiger partial charge in [-0.1, -0.05) is 13.3 Å². The summed E-state index contributed by atoms with van der Waals surface area (Å²) in [7, 11) is 0. The molecular weight excluding hydrogens is 238 g/mol. The second-order valence-electron chi connectivity index (χ2n) is 4.72. The van der Waals surface area contributed by atoms with Crippen molar-refractivity contribution in [3.63, 3.8) is 0 Å². The highest BCUT2D eigenvalue weighted by Gasteiger charge is 2.15. The van der Waals surface area contributed by atoms with E-state index in [0.29, 0.717) is 13.0 Å². The lowest BCUT2D eigenvalue weighted by atomic mass is 10.0. The van der Waals surface area contributed by atoms with Crippen LogP contribution < -0.4 is 5.32 Å².